The number of aryl methyl sites for hydroxylation is 2. The molecule has 5 nitrogen and oxygen atoms in total. The molecule has 1 aromatic rings. The van der Waals surface area contributed by atoms with E-state index in [1.54, 1.807) is 7.11 Å². The minimum atomic E-state index is -0.695. The van der Waals surface area contributed by atoms with Gasteiger partial charge in [-0.05, 0) is 38.7 Å². The minimum absolute atomic E-state index is 0.156. The Hall–Kier alpha value is -1.59. The summed E-state index contributed by atoms with van der Waals surface area (Å²) in [6.07, 6.45) is 2.31. The van der Waals surface area contributed by atoms with E-state index in [1.807, 2.05) is 26.0 Å². The number of hydrogen-bond donors (Lipinski definition) is 3. The Bertz CT molecular complexity index is 498. The summed E-state index contributed by atoms with van der Waals surface area (Å²) in [6, 6.07) is 5.87. The lowest BCUT2D eigenvalue weighted by atomic mass is 10.0. The van der Waals surface area contributed by atoms with Gasteiger partial charge in [0.15, 0.2) is 0 Å². The van der Waals surface area contributed by atoms with Gasteiger partial charge in [0, 0.05) is 19.7 Å². The number of aliphatic hydroxyl groups is 1. The van der Waals surface area contributed by atoms with Gasteiger partial charge in [-0.1, -0.05) is 29.3 Å². The Morgan fingerprint density at radius 1 is 1.32 bits per heavy atom. The van der Waals surface area contributed by atoms with E-state index in [0.29, 0.717) is 0 Å². The summed E-state index contributed by atoms with van der Waals surface area (Å²) < 4.78 is 5.29. The summed E-state index contributed by atoms with van der Waals surface area (Å²) in [6.45, 7) is 4.19. The normalized spacial score (nSPS) is 22.4. The first kappa shape index (κ1) is 16.8. The molecule has 1 fully saturated rings. The molecule has 1 aromatic carbocycles. The average molecular weight is 306 g/mol. The van der Waals surface area contributed by atoms with Gasteiger partial charge in [0.2, 0.25) is 0 Å². The highest BCUT2D eigenvalue weighted by Crippen LogP contribution is 2.21. The molecule has 5 heteroatoms. The second kappa shape index (κ2) is 7.61. The number of urea groups is 1. The van der Waals surface area contributed by atoms with Crippen molar-refractivity contribution in [1.29, 1.82) is 0 Å². The van der Waals surface area contributed by atoms with Crippen LogP contribution in [0, 0.1) is 13.8 Å². The second-order valence-corrected chi connectivity index (χ2v) is 6.16. The highest BCUT2D eigenvalue weighted by molar-refractivity contribution is 5.74. The molecule has 3 unspecified atom stereocenters. The molecule has 3 atom stereocenters. The average Bonchev–Trinajstić information content (AvgIpc) is 2.91. The third-order valence-electron chi connectivity index (χ3n) is 4.14. The van der Waals surface area contributed by atoms with Crippen molar-refractivity contribution in [2.24, 2.45) is 0 Å². The molecule has 0 radical (unpaired) electrons. The smallest absolute Gasteiger partial charge is 0.315 e. The summed E-state index contributed by atoms with van der Waals surface area (Å²) in [5.41, 5.74) is 3.04. The maximum atomic E-state index is 11.9. The Labute approximate surface area is 132 Å². The molecular formula is C17H26N2O3. The van der Waals surface area contributed by atoms with Crippen molar-refractivity contribution in [3.8, 4) is 0 Å². The van der Waals surface area contributed by atoms with E-state index >= 15 is 0 Å². The van der Waals surface area contributed by atoms with Crippen molar-refractivity contribution in [3.05, 3.63) is 34.9 Å². The fraction of sp³-hybridized carbons (Fsp3) is 0.588. The molecule has 0 spiro atoms. The number of amides is 2. The first-order chi connectivity index (χ1) is 10.5. The van der Waals surface area contributed by atoms with Gasteiger partial charge in [-0.3, -0.25) is 0 Å². The topological polar surface area (TPSA) is 70.6 Å². The van der Waals surface area contributed by atoms with Crippen LogP contribution in [0.4, 0.5) is 4.79 Å². The fourth-order valence-corrected chi connectivity index (χ4v) is 3.03. The van der Waals surface area contributed by atoms with Crippen LogP contribution in [0.15, 0.2) is 18.2 Å². The van der Waals surface area contributed by atoms with Crippen LogP contribution in [0.2, 0.25) is 0 Å². The molecule has 0 bridgehead atoms. The molecule has 0 aromatic heterocycles. The van der Waals surface area contributed by atoms with E-state index < -0.39 is 6.10 Å². The Balaban J connectivity index is 1.78. The van der Waals surface area contributed by atoms with Gasteiger partial charge >= 0.3 is 6.03 Å². The molecule has 1 saturated carbocycles. The van der Waals surface area contributed by atoms with E-state index in [1.165, 1.54) is 0 Å². The molecule has 122 valence electrons. The molecule has 2 rings (SSSR count). The number of benzene rings is 1. The summed E-state index contributed by atoms with van der Waals surface area (Å²) in [5, 5.41) is 15.9. The van der Waals surface area contributed by atoms with Crippen LogP contribution in [0.3, 0.4) is 0 Å². The number of ether oxygens (including phenoxy) is 1. The van der Waals surface area contributed by atoms with Crippen molar-refractivity contribution in [3.63, 3.8) is 0 Å². The highest BCUT2D eigenvalue weighted by atomic mass is 16.5. The van der Waals surface area contributed by atoms with E-state index in [9.17, 15) is 9.90 Å². The van der Waals surface area contributed by atoms with Crippen molar-refractivity contribution in [2.75, 3.05) is 13.7 Å². The van der Waals surface area contributed by atoms with Crippen LogP contribution in [-0.4, -0.2) is 36.9 Å². The lowest BCUT2D eigenvalue weighted by molar-refractivity contribution is 0.107. The molecule has 3 N–H and O–H groups in total. The third-order valence-corrected chi connectivity index (χ3v) is 4.14. The predicted octanol–water partition coefficient (Wildman–Crippen LogP) is 2.20. The number of carbonyl (C=O) groups is 1. The fourth-order valence-electron chi connectivity index (χ4n) is 3.03. The lowest BCUT2D eigenvalue weighted by Crippen LogP contribution is -2.42. The van der Waals surface area contributed by atoms with Crippen molar-refractivity contribution < 1.29 is 14.6 Å². The van der Waals surface area contributed by atoms with E-state index in [2.05, 4.69) is 16.7 Å². The van der Waals surface area contributed by atoms with Gasteiger partial charge in [0.25, 0.3) is 0 Å². The van der Waals surface area contributed by atoms with Gasteiger partial charge < -0.3 is 20.5 Å². The maximum absolute atomic E-state index is 11.9. The molecular weight excluding hydrogens is 280 g/mol. The lowest BCUT2D eigenvalue weighted by Gasteiger charge is -2.17. The van der Waals surface area contributed by atoms with E-state index in [4.69, 9.17) is 4.74 Å². The van der Waals surface area contributed by atoms with Crippen LogP contribution in [0.5, 0.6) is 0 Å². The van der Waals surface area contributed by atoms with Crippen LogP contribution in [-0.2, 0) is 4.74 Å². The molecule has 0 saturated heterocycles. The maximum Gasteiger partial charge on any atom is 0.315 e. The largest absolute Gasteiger partial charge is 0.387 e. The molecule has 2 amide bonds. The monoisotopic (exact) mass is 306 g/mol. The number of nitrogens with one attached hydrogen (secondary N) is 2. The van der Waals surface area contributed by atoms with Crippen molar-refractivity contribution in [1.82, 2.24) is 10.6 Å². The number of hydrogen-bond acceptors (Lipinski definition) is 3. The number of aliphatic hydroxyl groups excluding tert-OH is 1. The van der Waals surface area contributed by atoms with Crippen LogP contribution in [0.1, 0.15) is 42.1 Å². The molecule has 0 aliphatic heterocycles. The van der Waals surface area contributed by atoms with Gasteiger partial charge in [-0.2, -0.15) is 0 Å². The third kappa shape index (κ3) is 4.71. The minimum Gasteiger partial charge on any atom is -0.387 e. The first-order valence-electron chi connectivity index (χ1n) is 7.81. The molecule has 1 aliphatic rings. The van der Waals surface area contributed by atoms with Gasteiger partial charge in [0.05, 0.1) is 12.2 Å². The van der Waals surface area contributed by atoms with E-state index in [0.717, 1.165) is 36.0 Å². The van der Waals surface area contributed by atoms with Gasteiger partial charge in [-0.25, -0.2) is 4.79 Å². The summed E-state index contributed by atoms with van der Waals surface area (Å²) >= 11 is 0. The van der Waals surface area contributed by atoms with Crippen LogP contribution in [0.25, 0.3) is 0 Å². The number of rotatable bonds is 5. The second-order valence-electron chi connectivity index (χ2n) is 6.16. The predicted molar refractivity (Wildman–Crippen MR) is 85.8 cm³/mol. The molecule has 1 aliphatic carbocycles. The molecule has 0 heterocycles. The summed E-state index contributed by atoms with van der Waals surface area (Å²) in [7, 11) is 1.70. The summed E-state index contributed by atoms with van der Waals surface area (Å²) in [5.74, 6) is 0. The number of carbonyl (C=O) groups excluding carboxylic acids is 1. The molecule has 22 heavy (non-hydrogen) atoms. The number of methoxy groups -OCH3 is 1. The highest BCUT2D eigenvalue weighted by Gasteiger charge is 2.25. The van der Waals surface area contributed by atoms with Gasteiger partial charge in [-0.15, -0.1) is 0 Å². The zero-order valence-corrected chi connectivity index (χ0v) is 13.6. The van der Waals surface area contributed by atoms with Crippen molar-refractivity contribution in [2.45, 2.75) is 51.4 Å². The Morgan fingerprint density at radius 3 is 2.59 bits per heavy atom. The first-order valence-corrected chi connectivity index (χ1v) is 7.81. The van der Waals surface area contributed by atoms with Gasteiger partial charge in [0.1, 0.15) is 0 Å². The van der Waals surface area contributed by atoms with Crippen LogP contribution < -0.4 is 10.6 Å². The van der Waals surface area contributed by atoms with E-state index in [-0.39, 0.29) is 24.7 Å². The van der Waals surface area contributed by atoms with Crippen molar-refractivity contribution >= 4 is 6.03 Å². The standard InChI is InChI=1S/C17H26N2O3/c1-11-6-12(2)8-13(7-11)16(20)10-18-17(21)19-14-4-5-15(9-14)22-3/h6-8,14-16,20H,4-5,9-10H2,1-3H3,(H2,18,19,21). The quantitative estimate of drug-likeness (QED) is 0.781. The zero-order valence-electron chi connectivity index (χ0n) is 13.6. The zero-order chi connectivity index (χ0) is 16.1. The summed E-state index contributed by atoms with van der Waals surface area (Å²) in [4.78, 5) is 11.9. The van der Waals surface area contributed by atoms with Crippen LogP contribution >= 0.6 is 0 Å². The Kier molecular flexibility index (Phi) is 5.80. The SMILES string of the molecule is COC1CCC(NC(=O)NCC(O)c2cc(C)cc(C)c2)C1. The Morgan fingerprint density at radius 2 is 2.00 bits per heavy atom.